The molecule has 0 saturated carbocycles. The first-order valence-electron chi connectivity index (χ1n) is 1.18. The predicted octanol–water partition coefficient (Wildman–Crippen LogP) is 0.170. The van der Waals surface area contributed by atoms with Crippen molar-refractivity contribution in [2.75, 3.05) is 6.00 Å². The number of nitrogens with zero attached hydrogens (tertiary/aromatic N) is 1. The minimum atomic E-state index is 0.260. The molecule has 2 N–H and O–H groups in total. The van der Waals surface area contributed by atoms with Gasteiger partial charge in [0.25, 0.3) is 0 Å². The molecule has 3 heteroatoms. The predicted molar refractivity (Wildman–Crippen MR) is 23.4 cm³/mol. The van der Waals surface area contributed by atoms with Crippen molar-refractivity contribution in [3.05, 3.63) is 0 Å². The average molecular weight is 92.5 g/mol. The van der Waals surface area contributed by atoms with E-state index >= 15 is 0 Å². The lowest BCUT2D eigenvalue weighted by molar-refractivity contribution is 1.37. The minimum absolute atomic E-state index is 0.260. The fourth-order valence-electron chi connectivity index (χ4n) is 0.0398. The Bertz CT molecular complexity index is 34.6. The van der Waals surface area contributed by atoms with Crippen LogP contribution in [0.1, 0.15) is 0 Å². The van der Waals surface area contributed by atoms with Crippen molar-refractivity contribution in [1.29, 1.82) is 0 Å². The summed E-state index contributed by atoms with van der Waals surface area (Å²) in [6.45, 7) is 0. The van der Waals surface area contributed by atoms with Crippen LogP contribution in [0.2, 0.25) is 0 Å². The van der Waals surface area contributed by atoms with Crippen LogP contribution in [0.5, 0.6) is 0 Å². The highest BCUT2D eigenvalue weighted by Crippen LogP contribution is 1.67. The molecule has 0 radical (unpaired) electrons. The van der Waals surface area contributed by atoms with E-state index < -0.39 is 0 Å². The van der Waals surface area contributed by atoms with Crippen molar-refractivity contribution < 1.29 is 0 Å². The largest absolute Gasteiger partial charge is 0.390 e. The lowest BCUT2D eigenvalue weighted by atomic mass is 11.3. The van der Waals surface area contributed by atoms with Crippen molar-refractivity contribution in [2.24, 2.45) is 10.7 Å². The Morgan fingerprint density at radius 1 is 2.00 bits per heavy atom. The molecule has 0 bridgehead atoms. The van der Waals surface area contributed by atoms with Gasteiger partial charge in [-0.1, -0.05) is 0 Å². The number of alkyl halides is 1. The highest BCUT2D eigenvalue weighted by atomic mass is 35.5. The summed E-state index contributed by atoms with van der Waals surface area (Å²) in [5.41, 5.74) is 4.76. The molecule has 2 nitrogen and oxygen atoms in total. The highest BCUT2D eigenvalue weighted by molar-refractivity contribution is 6.18. The fraction of sp³-hybridized carbons (Fsp3) is 0.500. The average Bonchev–Trinajstić information content (AvgIpc) is 1.41. The van der Waals surface area contributed by atoms with Gasteiger partial charge in [0.2, 0.25) is 0 Å². The van der Waals surface area contributed by atoms with Gasteiger partial charge >= 0.3 is 0 Å². The maximum absolute atomic E-state index is 5.02. The molecule has 0 rings (SSSR count). The van der Waals surface area contributed by atoms with Gasteiger partial charge in [0.15, 0.2) is 0 Å². The summed E-state index contributed by atoms with van der Waals surface area (Å²) in [7, 11) is 0. The molecule has 0 spiro atoms. The third-order valence-electron chi connectivity index (χ3n) is 0.174. The van der Waals surface area contributed by atoms with Gasteiger partial charge in [-0.05, 0) is 0 Å². The molecular formula is C2H5ClN2. The van der Waals surface area contributed by atoms with Gasteiger partial charge in [0.05, 0.1) is 6.34 Å². The summed E-state index contributed by atoms with van der Waals surface area (Å²) in [6.07, 6.45) is 1.17. The fourth-order valence-corrected chi connectivity index (χ4v) is 0.120. The van der Waals surface area contributed by atoms with Gasteiger partial charge in [-0.15, -0.1) is 11.6 Å². The van der Waals surface area contributed by atoms with Crippen LogP contribution in [-0.4, -0.2) is 12.3 Å². The molecule has 0 amide bonds. The van der Waals surface area contributed by atoms with Gasteiger partial charge in [0.1, 0.15) is 6.00 Å². The van der Waals surface area contributed by atoms with Crippen molar-refractivity contribution in [1.82, 2.24) is 0 Å². The van der Waals surface area contributed by atoms with E-state index in [2.05, 4.69) is 4.99 Å². The Hall–Kier alpha value is -0.240. The maximum Gasteiger partial charge on any atom is 0.115 e. The zero-order valence-corrected chi connectivity index (χ0v) is 3.44. The Morgan fingerprint density at radius 3 is 2.60 bits per heavy atom. The first-order valence-corrected chi connectivity index (χ1v) is 1.71. The zero-order chi connectivity index (χ0) is 4.12. The second-order valence-electron chi connectivity index (χ2n) is 0.451. The van der Waals surface area contributed by atoms with Crippen LogP contribution < -0.4 is 5.73 Å². The van der Waals surface area contributed by atoms with Crippen molar-refractivity contribution in [2.45, 2.75) is 0 Å². The number of aliphatic imine (C=N–C) groups is 1. The molecule has 5 heavy (non-hydrogen) atoms. The summed E-state index contributed by atoms with van der Waals surface area (Å²) in [5.74, 6) is 0. The Labute approximate surface area is 35.6 Å². The second-order valence-corrected chi connectivity index (χ2v) is 0.690. The first kappa shape index (κ1) is 4.76. The van der Waals surface area contributed by atoms with Crippen LogP contribution >= 0.6 is 11.6 Å². The van der Waals surface area contributed by atoms with E-state index in [1.54, 1.807) is 0 Å². The van der Waals surface area contributed by atoms with E-state index in [-0.39, 0.29) is 6.00 Å². The van der Waals surface area contributed by atoms with E-state index in [0.717, 1.165) is 0 Å². The van der Waals surface area contributed by atoms with Crippen LogP contribution in [0, 0.1) is 0 Å². The highest BCUT2D eigenvalue weighted by Gasteiger charge is 1.53. The third-order valence-corrected chi connectivity index (χ3v) is 0.312. The van der Waals surface area contributed by atoms with Crippen LogP contribution in [0.25, 0.3) is 0 Å². The zero-order valence-electron chi connectivity index (χ0n) is 2.69. The van der Waals surface area contributed by atoms with Gasteiger partial charge in [-0.3, -0.25) is 4.99 Å². The van der Waals surface area contributed by atoms with Crippen molar-refractivity contribution in [3.63, 3.8) is 0 Å². The molecule has 0 aliphatic heterocycles. The number of halogens is 1. The van der Waals surface area contributed by atoms with Crippen LogP contribution in [-0.2, 0) is 0 Å². The van der Waals surface area contributed by atoms with E-state index in [9.17, 15) is 0 Å². The summed E-state index contributed by atoms with van der Waals surface area (Å²) in [4.78, 5) is 3.39. The SMILES string of the molecule is NC=NCCl. The summed E-state index contributed by atoms with van der Waals surface area (Å²) in [6, 6.07) is 0.260. The second kappa shape index (κ2) is 3.76. The lowest BCUT2D eigenvalue weighted by Gasteiger charge is -1.66. The van der Waals surface area contributed by atoms with Gasteiger partial charge in [-0.25, -0.2) is 0 Å². The lowest BCUT2D eigenvalue weighted by Crippen LogP contribution is -1.86. The standard InChI is InChI=1S/C2H5ClN2/c3-1-5-2-4/h2H,1H2,(H2,4,5). The molecule has 0 fully saturated rings. The van der Waals surface area contributed by atoms with E-state index in [1.165, 1.54) is 6.34 Å². The van der Waals surface area contributed by atoms with E-state index in [4.69, 9.17) is 17.3 Å². The number of hydrogen-bond acceptors (Lipinski definition) is 1. The topological polar surface area (TPSA) is 38.4 Å². The summed E-state index contributed by atoms with van der Waals surface area (Å²) in [5, 5.41) is 0. The molecule has 30 valence electrons. The van der Waals surface area contributed by atoms with E-state index in [0.29, 0.717) is 0 Å². The number of rotatable bonds is 1. The molecule has 0 aromatic heterocycles. The number of hydrogen-bond donors (Lipinski definition) is 1. The molecule has 0 saturated heterocycles. The van der Waals surface area contributed by atoms with Crippen LogP contribution in [0.4, 0.5) is 0 Å². The van der Waals surface area contributed by atoms with Crippen LogP contribution in [0.3, 0.4) is 0 Å². The molecule has 0 aromatic carbocycles. The van der Waals surface area contributed by atoms with E-state index in [1.807, 2.05) is 0 Å². The minimum Gasteiger partial charge on any atom is -0.390 e. The normalized spacial score (nSPS) is 9.80. The van der Waals surface area contributed by atoms with Crippen LogP contribution in [0.15, 0.2) is 4.99 Å². The first-order chi connectivity index (χ1) is 2.41. The summed E-state index contributed by atoms with van der Waals surface area (Å²) >= 11 is 5.02. The summed E-state index contributed by atoms with van der Waals surface area (Å²) < 4.78 is 0. The van der Waals surface area contributed by atoms with Gasteiger partial charge < -0.3 is 5.73 Å². The molecule has 0 atom stereocenters. The Morgan fingerprint density at radius 2 is 2.60 bits per heavy atom. The molecule has 0 aromatic rings. The molecule has 0 aliphatic rings. The monoisotopic (exact) mass is 92.0 g/mol. The van der Waals surface area contributed by atoms with Gasteiger partial charge in [-0.2, -0.15) is 0 Å². The smallest absolute Gasteiger partial charge is 0.115 e. The molecule has 0 unspecified atom stereocenters. The molecular weight excluding hydrogens is 87.5 g/mol. The number of nitrogens with two attached hydrogens (primary N) is 1. The Balaban J connectivity index is 2.62. The van der Waals surface area contributed by atoms with Crippen molar-refractivity contribution >= 4 is 17.9 Å². The molecule has 0 aliphatic carbocycles. The quantitative estimate of drug-likeness (QED) is 0.213. The van der Waals surface area contributed by atoms with Crippen molar-refractivity contribution in [3.8, 4) is 0 Å². The third kappa shape index (κ3) is 3.76. The Kier molecular flexibility index (Phi) is 3.58. The van der Waals surface area contributed by atoms with Gasteiger partial charge in [0, 0.05) is 0 Å². The maximum atomic E-state index is 5.02. The molecule has 0 heterocycles.